The molecule has 1 saturated heterocycles. The second-order valence-corrected chi connectivity index (χ2v) is 3.90. The van der Waals surface area contributed by atoms with Crippen LogP contribution in [0.15, 0.2) is 24.5 Å². The Kier molecular flexibility index (Phi) is 1.96. The smallest absolute Gasteiger partial charge is 0.323 e. The molecule has 0 saturated carbocycles. The third-order valence-corrected chi connectivity index (χ3v) is 2.28. The second kappa shape index (κ2) is 3.05. The van der Waals surface area contributed by atoms with Gasteiger partial charge in [-0.25, -0.2) is 9.69 Å². The summed E-state index contributed by atoms with van der Waals surface area (Å²) in [6.07, 6.45) is 3.09. The van der Waals surface area contributed by atoms with Crippen molar-refractivity contribution in [3.05, 3.63) is 24.5 Å². The van der Waals surface area contributed by atoms with Crippen molar-refractivity contribution in [3.63, 3.8) is 0 Å². The average molecular weight is 205 g/mol. The standard InChI is InChI=1S/C10H11N3O2/c1-10(2)8(14)13(9(15)12-10)7-3-5-11-6-4-7/h3-6H,1-2H3,(H,12,15). The molecule has 2 heterocycles. The normalized spacial score (nSPS) is 19.2. The van der Waals surface area contributed by atoms with Gasteiger partial charge in [-0.1, -0.05) is 0 Å². The summed E-state index contributed by atoms with van der Waals surface area (Å²) < 4.78 is 0. The highest BCUT2D eigenvalue weighted by Crippen LogP contribution is 2.23. The molecule has 3 amide bonds. The van der Waals surface area contributed by atoms with Gasteiger partial charge in [0.25, 0.3) is 5.91 Å². The van der Waals surface area contributed by atoms with Crippen LogP contribution in [0.4, 0.5) is 10.5 Å². The molecule has 1 N–H and O–H groups in total. The molecule has 0 unspecified atom stereocenters. The van der Waals surface area contributed by atoms with E-state index < -0.39 is 11.6 Å². The molecule has 0 aliphatic carbocycles. The van der Waals surface area contributed by atoms with Crippen molar-refractivity contribution in [3.8, 4) is 0 Å². The predicted octanol–water partition coefficient (Wildman–Crippen LogP) is 0.916. The highest BCUT2D eigenvalue weighted by Gasteiger charge is 2.44. The van der Waals surface area contributed by atoms with Crippen LogP contribution in [0.25, 0.3) is 0 Å². The van der Waals surface area contributed by atoms with Gasteiger partial charge in [0.1, 0.15) is 5.54 Å². The van der Waals surface area contributed by atoms with E-state index in [2.05, 4.69) is 10.3 Å². The maximum atomic E-state index is 11.9. The molecule has 0 atom stereocenters. The monoisotopic (exact) mass is 205 g/mol. The van der Waals surface area contributed by atoms with E-state index >= 15 is 0 Å². The minimum Gasteiger partial charge on any atom is -0.323 e. The minimum absolute atomic E-state index is 0.251. The molecule has 1 aliphatic heterocycles. The fraction of sp³-hybridized carbons (Fsp3) is 0.300. The van der Waals surface area contributed by atoms with Gasteiger partial charge >= 0.3 is 6.03 Å². The van der Waals surface area contributed by atoms with E-state index in [4.69, 9.17) is 0 Å². The molecule has 1 fully saturated rings. The molecule has 15 heavy (non-hydrogen) atoms. The number of urea groups is 1. The second-order valence-electron chi connectivity index (χ2n) is 3.90. The molecule has 1 aromatic heterocycles. The van der Waals surface area contributed by atoms with Gasteiger partial charge < -0.3 is 5.32 Å². The third kappa shape index (κ3) is 1.45. The van der Waals surface area contributed by atoms with E-state index in [1.54, 1.807) is 38.4 Å². The third-order valence-electron chi connectivity index (χ3n) is 2.28. The molecule has 1 aromatic rings. The molecule has 0 bridgehead atoms. The van der Waals surface area contributed by atoms with Crippen LogP contribution >= 0.6 is 0 Å². The number of rotatable bonds is 1. The molecule has 78 valence electrons. The number of imide groups is 1. The topological polar surface area (TPSA) is 62.3 Å². The van der Waals surface area contributed by atoms with E-state index in [0.29, 0.717) is 5.69 Å². The molecule has 2 rings (SSSR count). The molecule has 1 aliphatic rings. The number of hydrogen-bond donors (Lipinski definition) is 1. The predicted molar refractivity (Wildman–Crippen MR) is 54.3 cm³/mol. The summed E-state index contributed by atoms with van der Waals surface area (Å²) in [5.74, 6) is -0.251. The number of nitrogens with zero attached hydrogens (tertiary/aromatic N) is 2. The summed E-state index contributed by atoms with van der Waals surface area (Å²) in [5, 5.41) is 2.61. The maximum absolute atomic E-state index is 11.9. The van der Waals surface area contributed by atoms with Gasteiger partial charge in [-0.15, -0.1) is 0 Å². The van der Waals surface area contributed by atoms with Crippen LogP contribution in [0.1, 0.15) is 13.8 Å². The first-order chi connectivity index (χ1) is 7.02. The van der Waals surface area contributed by atoms with Gasteiger partial charge in [-0.05, 0) is 26.0 Å². The Hall–Kier alpha value is -1.91. The Labute approximate surface area is 87.1 Å². The zero-order valence-corrected chi connectivity index (χ0v) is 8.52. The number of hydrogen-bond acceptors (Lipinski definition) is 3. The highest BCUT2D eigenvalue weighted by molar-refractivity contribution is 6.22. The first-order valence-corrected chi connectivity index (χ1v) is 4.59. The van der Waals surface area contributed by atoms with Crippen LogP contribution in [-0.4, -0.2) is 22.5 Å². The summed E-state index contributed by atoms with van der Waals surface area (Å²) in [7, 11) is 0. The van der Waals surface area contributed by atoms with Gasteiger partial charge in [0.05, 0.1) is 5.69 Å². The number of aromatic nitrogens is 1. The van der Waals surface area contributed by atoms with Crippen LogP contribution in [0.5, 0.6) is 0 Å². The molecule has 0 aromatic carbocycles. The number of pyridine rings is 1. The van der Waals surface area contributed by atoms with E-state index in [1.807, 2.05) is 0 Å². The van der Waals surface area contributed by atoms with E-state index in [9.17, 15) is 9.59 Å². The van der Waals surface area contributed by atoms with Gasteiger partial charge in [0.2, 0.25) is 0 Å². The summed E-state index contributed by atoms with van der Waals surface area (Å²) in [4.78, 5) is 28.4. The van der Waals surface area contributed by atoms with Crippen molar-refractivity contribution in [2.45, 2.75) is 19.4 Å². The van der Waals surface area contributed by atoms with E-state index in [1.165, 1.54) is 0 Å². The van der Waals surface area contributed by atoms with Gasteiger partial charge in [-0.3, -0.25) is 9.78 Å². The quantitative estimate of drug-likeness (QED) is 0.693. The van der Waals surface area contributed by atoms with Crippen molar-refractivity contribution in [1.82, 2.24) is 10.3 Å². The van der Waals surface area contributed by atoms with Gasteiger partial charge in [0.15, 0.2) is 0 Å². The molecule has 5 heteroatoms. The minimum atomic E-state index is -0.833. The van der Waals surface area contributed by atoms with Crippen molar-refractivity contribution in [1.29, 1.82) is 0 Å². The molecule has 0 radical (unpaired) electrons. The SMILES string of the molecule is CC1(C)NC(=O)N(c2ccncc2)C1=O. The van der Waals surface area contributed by atoms with E-state index in [-0.39, 0.29) is 5.91 Å². The van der Waals surface area contributed by atoms with Crippen LogP contribution in [-0.2, 0) is 4.79 Å². The van der Waals surface area contributed by atoms with E-state index in [0.717, 1.165) is 4.90 Å². The summed E-state index contributed by atoms with van der Waals surface area (Å²) in [6, 6.07) is 2.86. The zero-order chi connectivity index (χ0) is 11.1. The Morgan fingerprint density at radius 1 is 1.27 bits per heavy atom. The molecule has 0 spiro atoms. The lowest BCUT2D eigenvalue weighted by Gasteiger charge is -2.15. The maximum Gasteiger partial charge on any atom is 0.329 e. The van der Waals surface area contributed by atoms with Gasteiger partial charge in [0, 0.05) is 12.4 Å². The first kappa shape index (κ1) is 9.64. The molecular formula is C10H11N3O2. The first-order valence-electron chi connectivity index (χ1n) is 4.59. The number of carbonyl (C=O) groups excluding carboxylic acids is 2. The fourth-order valence-corrected chi connectivity index (χ4v) is 1.48. The van der Waals surface area contributed by atoms with Crippen molar-refractivity contribution >= 4 is 17.6 Å². The lowest BCUT2D eigenvalue weighted by Crippen LogP contribution is -2.40. The van der Waals surface area contributed by atoms with Gasteiger partial charge in [-0.2, -0.15) is 0 Å². The lowest BCUT2D eigenvalue weighted by atomic mass is 10.1. The number of carbonyl (C=O) groups is 2. The Bertz CT molecular complexity index is 414. The van der Waals surface area contributed by atoms with Crippen LogP contribution in [0, 0.1) is 0 Å². The van der Waals surface area contributed by atoms with Crippen molar-refractivity contribution in [2.75, 3.05) is 4.90 Å². The zero-order valence-electron chi connectivity index (χ0n) is 8.52. The lowest BCUT2D eigenvalue weighted by molar-refractivity contribution is -0.120. The molecular weight excluding hydrogens is 194 g/mol. The summed E-state index contributed by atoms with van der Waals surface area (Å²) >= 11 is 0. The number of anilines is 1. The fourth-order valence-electron chi connectivity index (χ4n) is 1.48. The summed E-state index contributed by atoms with van der Waals surface area (Å²) in [6.45, 7) is 3.35. The van der Waals surface area contributed by atoms with Crippen LogP contribution in [0.2, 0.25) is 0 Å². The Morgan fingerprint density at radius 3 is 2.33 bits per heavy atom. The van der Waals surface area contributed by atoms with Crippen molar-refractivity contribution in [2.24, 2.45) is 0 Å². The average Bonchev–Trinajstić information content (AvgIpc) is 2.38. The van der Waals surface area contributed by atoms with Crippen molar-refractivity contribution < 1.29 is 9.59 Å². The van der Waals surface area contributed by atoms with Crippen LogP contribution in [0.3, 0.4) is 0 Å². The highest BCUT2D eigenvalue weighted by atomic mass is 16.2. The Balaban J connectivity index is 2.40. The number of amides is 3. The Morgan fingerprint density at radius 2 is 1.87 bits per heavy atom. The largest absolute Gasteiger partial charge is 0.329 e. The summed E-state index contributed by atoms with van der Waals surface area (Å²) in [5.41, 5.74) is -0.293. The number of nitrogens with one attached hydrogen (secondary N) is 1. The molecule has 5 nitrogen and oxygen atoms in total. The van der Waals surface area contributed by atoms with Crippen LogP contribution < -0.4 is 10.2 Å².